The number of fused-ring (bicyclic) bond motifs is 1. The Morgan fingerprint density at radius 3 is 2.71 bits per heavy atom. The molecular formula is C24H24N2O5. The third-order valence-corrected chi connectivity index (χ3v) is 5.42. The van der Waals surface area contributed by atoms with E-state index in [1.54, 1.807) is 43.5 Å². The van der Waals surface area contributed by atoms with Crippen LogP contribution in [0.1, 0.15) is 40.7 Å². The lowest BCUT2D eigenvalue weighted by molar-refractivity contribution is -0.116. The number of hydrogen-bond acceptors (Lipinski definition) is 5. The van der Waals surface area contributed by atoms with Crippen molar-refractivity contribution in [1.82, 2.24) is 5.32 Å². The monoisotopic (exact) mass is 420 g/mol. The lowest BCUT2D eigenvalue weighted by Gasteiger charge is -2.10. The molecule has 31 heavy (non-hydrogen) atoms. The largest absolute Gasteiger partial charge is 0.497 e. The van der Waals surface area contributed by atoms with Crippen LogP contribution in [0.5, 0.6) is 5.75 Å². The number of aryl methyl sites for hydroxylation is 1. The molecule has 0 spiro atoms. The van der Waals surface area contributed by atoms with E-state index in [1.807, 2.05) is 13.0 Å². The van der Waals surface area contributed by atoms with Crippen LogP contribution >= 0.6 is 0 Å². The third kappa shape index (κ3) is 4.77. The van der Waals surface area contributed by atoms with E-state index >= 15 is 0 Å². The summed E-state index contributed by atoms with van der Waals surface area (Å²) in [4.78, 5) is 37.1. The summed E-state index contributed by atoms with van der Waals surface area (Å²) in [6.45, 7) is 1.85. The van der Waals surface area contributed by atoms with Crippen molar-refractivity contribution in [3.05, 3.63) is 69.6 Å². The molecule has 7 nitrogen and oxygen atoms in total. The number of methoxy groups -OCH3 is 1. The second-order valence-corrected chi connectivity index (χ2v) is 7.73. The van der Waals surface area contributed by atoms with Crippen LogP contribution < -0.4 is 21.0 Å². The topological polar surface area (TPSA) is 97.6 Å². The fourth-order valence-electron chi connectivity index (χ4n) is 3.49. The van der Waals surface area contributed by atoms with Crippen LogP contribution in [0, 0.1) is 6.92 Å². The minimum absolute atomic E-state index is 0.117. The predicted molar refractivity (Wildman–Crippen MR) is 118 cm³/mol. The van der Waals surface area contributed by atoms with Gasteiger partial charge in [0.15, 0.2) is 0 Å². The van der Waals surface area contributed by atoms with E-state index < -0.39 is 5.63 Å². The number of rotatable bonds is 7. The van der Waals surface area contributed by atoms with Crippen LogP contribution in [0.4, 0.5) is 5.69 Å². The smallest absolute Gasteiger partial charge is 0.339 e. The fraction of sp³-hybridized carbons (Fsp3) is 0.292. The summed E-state index contributed by atoms with van der Waals surface area (Å²) in [5, 5.41) is 6.54. The van der Waals surface area contributed by atoms with Gasteiger partial charge in [0.05, 0.1) is 7.11 Å². The van der Waals surface area contributed by atoms with Crippen molar-refractivity contribution >= 4 is 28.5 Å². The lowest BCUT2D eigenvalue weighted by Crippen LogP contribution is -2.25. The van der Waals surface area contributed by atoms with Gasteiger partial charge in [-0.05, 0) is 62.1 Å². The van der Waals surface area contributed by atoms with Crippen LogP contribution in [-0.4, -0.2) is 25.0 Å². The van der Waals surface area contributed by atoms with E-state index in [2.05, 4.69) is 10.6 Å². The Labute approximate surface area is 179 Å². The SMILES string of the molecule is COc1ccc2c(C)c(CCC(=O)Nc3cccc(C(=O)NC4CC4)c3)c(=O)oc2c1. The van der Waals surface area contributed by atoms with Gasteiger partial charge in [0.25, 0.3) is 5.91 Å². The zero-order valence-corrected chi connectivity index (χ0v) is 17.5. The van der Waals surface area contributed by atoms with E-state index in [4.69, 9.17) is 9.15 Å². The number of carbonyl (C=O) groups excluding carboxylic acids is 2. The van der Waals surface area contributed by atoms with Gasteiger partial charge in [-0.1, -0.05) is 6.07 Å². The fourth-order valence-corrected chi connectivity index (χ4v) is 3.49. The summed E-state index contributed by atoms with van der Waals surface area (Å²) in [5.74, 6) is 0.225. The van der Waals surface area contributed by atoms with Crippen LogP contribution in [-0.2, 0) is 11.2 Å². The Kier molecular flexibility index (Phi) is 5.75. The molecule has 0 aliphatic heterocycles. The lowest BCUT2D eigenvalue weighted by atomic mass is 10.0. The average Bonchev–Trinajstić information content (AvgIpc) is 3.57. The van der Waals surface area contributed by atoms with Crippen LogP contribution in [0.25, 0.3) is 11.0 Å². The summed E-state index contributed by atoms with van der Waals surface area (Å²) in [5.41, 5.74) is 2.32. The molecule has 0 atom stereocenters. The van der Waals surface area contributed by atoms with Gasteiger partial charge in [-0.2, -0.15) is 0 Å². The number of amides is 2. The molecular weight excluding hydrogens is 396 g/mol. The van der Waals surface area contributed by atoms with Gasteiger partial charge in [0.2, 0.25) is 5.91 Å². The quantitative estimate of drug-likeness (QED) is 0.570. The van der Waals surface area contributed by atoms with Crippen molar-refractivity contribution in [3.8, 4) is 5.75 Å². The van der Waals surface area contributed by atoms with Gasteiger partial charge in [0.1, 0.15) is 11.3 Å². The van der Waals surface area contributed by atoms with Crippen molar-refractivity contribution in [2.45, 2.75) is 38.6 Å². The highest BCUT2D eigenvalue weighted by Gasteiger charge is 2.23. The molecule has 2 N–H and O–H groups in total. The zero-order valence-electron chi connectivity index (χ0n) is 17.5. The Morgan fingerprint density at radius 2 is 1.97 bits per heavy atom. The molecule has 1 aromatic heterocycles. The van der Waals surface area contributed by atoms with Crippen molar-refractivity contribution in [2.75, 3.05) is 12.4 Å². The molecule has 1 saturated carbocycles. The second-order valence-electron chi connectivity index (χ2n) is 7.73. The zero-order chi connectivity index (χ0) is 22.0. The van der Waals surface area contributed by atoms with E-state index in [0.29, 0.717) is 28.1 Å². The highest BCUT2D eigenvalue weighted by molar-refractivity contribution is 5.97. The summed E-state index contributed by atoms with van der Waals surface area (Å²) in [6, 6.07) is 12.4. The maximum absolute atomic E-state index is 12.5. The molecule has 1 heterocycles. The van der Waals surface area contributed by atoms with Crippen LogP contribution in [0.2, 0.25) is 0 Å². The molecule has 0 radical (unpaired) electrons. The van der Waals surface area contributed by atoms with Crippen LogP contribution in [0.15, 0.2) is 51.7 Å². The average molecular weight is 420 g/mol. The standard InChI is InChI=1S/C24H24N2O5/c1-14-19-9-8-18(30-2)13-21(19)31-24(29)20(14)10-11-22(27)25-17-5-3-4-15(12-17)23(28)26-16-6-7-16/h3-5,8-9,12-13,16H,6-7,10-11H2,1-2H3,(H,25,27)(H,26,28). The Morgan fingerprint density at radius 1 is 1.16 bits per heavy atom. The van der Waals surface area contributed by atoms with Gasteiger partial charge in [-0.3, -0.25) is 9.59 Å². The molecule has 1 fully saturated rings. The Hall–Kier alpha value is -3.61. The van der Waals surface area contributed by atoms with Gasteiger partial charge in [-0.15, -0.1) is 0 Å². The van der Waals surface area contributed by atoms with Gasteiger partial charge >= 0.3 is 5.63 Å². The Balaban J connectivity index is 1.43. The Bertz CT molecular complexity index is 1210. The van der Waals surface area contributed by atoms with E-state index in [0.717, 1.165) is 23.8 Å². The third-order valence-electron chi connectivity index (χ3n) is 5.42. The molecule has 1 aliphatic carbocycles. The maximum atomic E-state index is 12.5. The highest BCUT2D eigenvalue weighted by atomic mass is 16.5. The number of carbonyl (C=O) groups is 2. The summed E-state index contributed by atoms with van der Waals surface area (Å²) in [6.07, 6.45) is 2.39. The van der Waals surface area contributed by atoms with Crippen LogP contribution in [0.3, 0.4) is 0 Å². The molecule has 1 aliphatic rings. The summed E-state index contributed by atoms with van der Waals surface area (Å²) < 4.78 is 10.6. The predicted octanol–water partition coefficient (Wildman–Crippen LogP) is 3.57. The molecule has 160 valence electrons. The minimum atomic E-state index is -0.454. The van der Waals surface area contributed by atoms with E-state index in [9.17, 15) is 14.4 Å². The first-order chi connectivity index (χ1) is 14.9. The summed E-state index contributed by atoms with van der Waals surface area (Å²) >= 11 is 0. The van der Waals surface area contributed by atoms with Crippen molar-refractivity contribution in [2.24, 2.45) is 0 Å². The highest BCUT2D eigenvalue weighted by Crippen LogP contribution is 2.24. The molecule has 0 bridgehead atoms. The number of hydrogen-bond donors (Lipinski definition) is 2. The van der Waals surface area contributed by atoms with E-state index in [1.165, 1.54) is 0 Å². The van der Waals surface area contributed by atoms with Gasteiger partial charge in [0, 0.05) is 40.7 Å². The number of ether oxygens (including phenoxy) is 1. The first-order valence-corrected chi connectivity index (χ1v) is 10.3. The molecule has 7 heteroatoms. The first kappa shape index (κ1) is 20.7. The number of benzene rings is 2. The minimum Gasteiger partial charge on any atom is -0.497 e. The van der Waals surface area contributed by atoms with Gasteiger partial charge < -0.3 is 19.8 Å². The number of anilines is 1. The first-order valence-electron chi connectivity index (χ1n) is 10.3. The van der Waals surface area contributed by atoms with Crippen molar-refractivity contribution in [3.63, 3.8) is 0 Å². The van der Waals surface area contributed by atoms with Crippen molar-refractivity contribution in [1.29, 1.82) is 0 Å². The van der Waals surface area contributed by atoms with Crippen molar-refractivity contribution < 1.29 is 18.7 Å². The molecule has 2 amide bonds. The molecule has 0 unspecified atom stereocenters. The molecule has 4 rings (SSSR count). The summed E-state index contributed by atoms with van der Waals surface area (Å²) in [7, 11) is 1.55. The second kappa shape index (κ2) is 8.63. The molecule has 0 saturated heterocycles. The molecule has 3 aromatic rings. The maximum Gasteiger partial charge on any atom is 0.339 e. The van der Waals surface area contributed by atoms with Gasteiger partial charge in [-0.25, -0.2) is 4.79 Å². The normalized spacial score (nSPS) is 13.1. The van der Waals surface area contributed by atoms with E-state index in [-0.39, 0.29) is 30.7 Å². The number of nitrogens with one attached hydrogen (secondary N) is 2. The molecule has 2 aromatic carbocycles.